The Morgan fingerprint density at radius 3 is 2.37 bits per heavy atom. The van der Waals surface area contributed by atoms with E-state index in [4.69, 9.17) is 18.9 Å². The zero-order valence-corrected chi connectivity index (χ0v) is 15.5. The first-order chi connectivity index (χ1) is 13.1. The molecule has 0 saturated carbocycles. The van der Waals surface area contributed by atoms with E-state index in [0.717, 1.165) is 29.0 Å². The summed E-state index contributed by atoms with van der Waals surface area (Å²) < 4.78 is 23.1. The lowest BCUT2D eigenvalue weighted by atomic mass is 10.1. The van der Waals surface area contributed by atoms with Crippen molar-refractivity contribution in [1.29, 1.82) is 0 Å². The Balaban J connectivity index is 1.74. The fourth-order valence-corrected chi connectivity index (χ4v) is 3.09. The monoisotopic (exact) mass is 367 g/mol. The maximum Gasteiger partial charge on any atom is 0.258 e. The number of rotatable bonds is 6. The van der Waals surface area contributed by atoms with Gasteiger partial charge in [-0.2, -0.15) is 0 Å². The third-order valence-corrected chi connectivity index (χ3v) is 4.73. The number of methoxy groups -OCH3 is 2. The molecule has 0 bridgehead atoms. The second kappa shape index (κ2) is 6.96. The molecule has 1 fully saturated rings. The van der Waals surface area contributed by atoms with Crippen molar-refractivity contribution in [2.24, 2.45) is 7.05 Å². The van der Waals surface area contributed by atoms with Crippen LogP contribution >= 0.6 is 0 Å². The largest absolute Gasteiger partial charge is 0.493 e. The standard InChI is InChI=1S/C21H21NO5/c1-22-18(13-4-6-15(7-5-13)26-11-16-12-27-16)8-14-9-19(24-2)20(25-3)10-17(14)21(22)23/h4-10,16H,11-12H2,1-3H3. The summed E-state index contributed by atoms with van der Waals surface area (Å²) >= 11 is 0. The van der Waals surface area contributed by atoms with Crippen molar-refractivity contribution in [1.82, 2.24) is 4.57 Å². The third kappa shape index (κ3) is 3.36. The van der Waals surface area contributed by atoms with Crippen LogP contribution in [0.1, 0.15) is 0 Å². The minimum Gasteiger partial charge on any atom is -0.493 e. The molecule has 0 amide bonds. The molecule has 1 aromatic heterocycles. The van der Waals surface area contributed by atoms with Gasteiger partial charge in [0, 0.05) is 7.05 Å². The molecule has 6 heteroatoms. The summed E-state index contributed by atoms with van der Waals surface area (Å²) in [5.41, 5.74) is 1.66. The van der Waals surface area contributed by atoms with Crippen molar-refractivity contribution >= 4 is 10.8 Å². The Kier molecular flexibility index (Phi) is 4.49. The van der Waals surface area contributed by atoms with Crippen LogP contribution in [0.2, 0.25) is 0 Å². The highest BCUT2D eigenvalue weighted by Gasteiger charge is 2.23. The van der Waals surface area contributed by atoms with Crippen LogP contribution in [-0.4, -0.2) is 38.1 Å². The van der Waals surface area contributed by atoms with E-state index < -0.39 is 0 Å². The molecule has 0 radical (unpaired) electrons. The molecule has 6 nitrogen and oxygen atoms in total. The summed E-state index contributed by atoms with van der Waals surface area (Å²) in [6.45, 7) is 1.33. The molecule has 2 aromatic carbocycles. The Morgan fingerprint density at radius 1 is 1.07 bits per heavy atom. The average Bonchev–Trinajstić information content (AvgIpc) is 3.53. The van der Waals surface area contributed by atoms with E-state index in [9.17, 15) is 4.79 Å². The van der Waals surface area contributed by atoms with Crippen molar-refractivity contribution < 1.29 is 18.9 Å². The number of hydrogen-bond acceptors (Lipinski definition) is 5. The minimum absolute atomic E-state index is 0.0883. The van der Waals surface area contributed by atoms with Gasteiger partial charge in [-0.3, -0.25) is 4.79 Å². The van der Waals surface area contributed by atoms with Crippen molar-refractivity contribution in [3.63, 3.8) is 0 Å². The summed E-state index contributed by atoms with van der Waals surface area (Å²) in [6.07, 6.45) is 0.220. The van der Waals surface area contributed by atoms with Gasteiger partial charge in [-0.15, -0.1) is 0 Å². The van der Waals surface area contributed by atoms with Gasteiger partial charge >= 0.3 is 0 Å². The van der Waals surface area contributed by atoms with Gasteiger partial charge in [-0.05, 0) is 53.4 Å². The fourth-order valence-electron chi connectivity index (χ4n) is 3.09. The van der Waals surface area contributed by atoms with Gasteiger partial charge < -0.3 is 23.5 Å². The van der Waals surface area contributed by atoms with Crippen LogP contribution in [0.4, 0.5) is 0 Å². The highest BCUT2D eigenvalue weighted by atomic mass is 16.6. The summed E-state index contributed by atoms with van der Waals surface area (Å²) in [4.78, 5) is 12.9. The van der Waals surface area contributed by atoms with Crippen molar-refractivity contribution in [2.45, 2.75) is 6.10 Å². The zero-order chi connectivity index (χ0) is 19.0. The summed E-state index contributed by atoms with van der Waals surface area (Å²) in [6, 6.07) is 13.2. The van der Waals surface area contributed by atoms with Crippen molar-refractivity contribution in [3.05, 3.63) is 52.8 Å². The van der Waals surface area contributed by atoms with Crippen LogP contribution in [0.3, 0.4) is 0 Å². The molecular weight excluding hydrogens is 346 g/mol. The second-order valence-electron chi connectivity index (χ2n) is 6.48. The number of pyridine rings is 1. The molecule has 140 valence electrons. The smallest absolute Gasteiger partial charge is 0.258 e. The maximum absolute atomic E-state index is 12.9. The van der Waals surface area contributed by atoms with Crippen molar-refractivity contribution in [3.8, 4) is 28.5 Å². The predicted octanol–water partition coefficient (Wildman–Crippen LogP) is 3.00. The van der Waals surface area contributed by atoms with Crippen LogP contribution in [0.15, 0.2) is 47.3 Å². The van der Waals surface area contributed by atoms with Gasteiger partial charge in [0.2, 0.25) is 0 Å². The number of fused-ring (bicyclic) bond motifs is 1. The molecule has 27 heavy (non-hydrogen) atoms. The van der Waals surface area contributed by atoms with E-state index in [2.05, 4.69) is 0 Å². The number of benzene rings is 2. The van der Waals surface area contributed by atoms with Gasteiger partial charge in [-0.25, -0.2) is 0 Å². The molecule has 0 aliphatic carbocycles. The fraction of sp³-hybridized carbons (Fsp3) is 0.286. The number of ether oxygens (including phenoxy) is 4. The number of aromatic nitrogens is 1. The summed E-state index contributed by atoms with van der Waals surface area (Å²) in [5.74, 6) is 1.91. The maximum atomic E-state index is 12.9. The number of hydrogen-bond donors (Lipinski definition) is 0. The van der Waals surface area contributed by atoms with Gasteiger partial charge in [0.05, 0.1) is 31.9 Å². The predicted molar refractivity (Wildman–Crippen MR) is 103 cm³/mol. The quantitative estimate of drug-likeness (QED) is 0.627. The van der Waals surface area contributed by atoms with E-state index >= 15 is 0 Å². The lowest BCUT2D eigenvalue weighted by Gasteiger charge is -2.14. The lowest BCUT2D eigenvalue weighted by Crippen LogP contribution is -2.18. The van der Waals surface area contributed by atoms with Crippen molar-refractivity contribution in [2.75, 3.05) is 27.4 Å². The number of epoxide rings is 1. The highest BCUT2D eigenvalue weighted by molar-refractivity contribution is 5.88. The van der Waals surface area contributed by atoms with Crippen LogP contribution in [0.25, 0.3) is 22.0 Å². The van der Waals surface area contributed by atoms with Crippen LogP contribution < -0.4 is 19.8 Å². The zero-order valence-electron chi connectivity index (χ0n) is 15.5. The molecule has 0 spiro atoms. The van der Waals surface area contributed by atoms with Gasteiger partial charge in [0.25, 0.3) is 5.56 Å². The summed E-state index contributed by atoms with van der Waals surface area (Å²) in [5, 5.41) is 1.39. The molecule has 1 aliphatic heterocycles. The first kappa shape index (κ1) is 17.4. The average molecular weight is 367 g/mol. The molecule has 4 rings (SSSR count). The molecule has 1 unspecified atom stereocenters. The number of nitrogens with zero attached hydrogens (tertiary/aromatic N) is 1. The topological polar surface area (TPSA) is 62.2 Å². The van der Waals surface area contributed by atoms with Crippen LogP contribution in [-0.2, 0) is 11.8 Å². The van der Waals surface area contributed by atoms with Gasteiger partial charge in [-0.1, -0.05) is 0 Å². The van der Waals surface area contributed by atoms with E-state index in [1.54, 1.807) is 31.9 Å². The molecule has 1 atom stereocenters. The van der Waals surface area contributed by atoms with Crippen LogP contribution in [0, 0.1) is 0 Å². The first-order valence-corrected chi connectivity index (χ1v) is 8.71. The van der Waals surface area contributed by atoms with Crippen LogP contribution in [0.5, 0.6) is 17.2 Å². The van der Waals surface area contributed by atoms with Gasteiger partial charge in [0.1, 0.15) is 18.5 Å². The third-order valence-electron chi connectivity index (χ3n) is 4.73. The molecule has 1 aliphatic rings. The molecule has 1 saturated heterocycles. The molecule has 3 aromatic rings. The molecule has 2 heterocycles. The minimum atomic E-state index is -0.0883. The normalized spacial score (nSPS) is 15.6. The SMILES string of the molecule is COc1cc2cc(-c3ccc(OCC4CO4)cc3)n(C)c(=O)c2cc1OC. The van der Waals surface area contributed by atoms with E-state index in [-0.39, 0.29) is 11.7 Å². The van der Waals surface area contributed by atoms with Gasteiger partial charge in [0.15, 0.2) is 11.5 Å². The summed E-state index contributed by atoms with van der Waals surface area (Å²) in [7, 11) is 4.90. The highest BCUT2D eigenvalue weighted by Crippen LogP contribution is 2.32. The Hall–Kier alpha value is -2.99. The molecular formula is C21H21NO5. The molecule has 0 N–H and O–H groups in total. The van der Waals surface area contributed by atoms with E-state index in [1.807, 2.05) is 36.4 Å². The second-order valence-corrected chi connectivity index (χ2v) is 6.48. The Morgan fingerprint density at radius 2 is 1.74 bits per heavy atom. The first-order valence-electron chi connectivity index (χ1n) is 8.71. The van der Waals surface area contributed by atoms with E-state index in [1.165, 1.54) is 0 Å². The Labute approximate surface area is 156 Å². The lowest BCUT2D eigenvalue weighted by molar-refractivity contribution is 0.263. The Bertz CT molecular complexity index is 1040. The van der Waals surface area contributed by atoms with E-state index in [0.29, 0.717) is 23.5 Å².